The zero-order valence-electron chi connectivity index (χ0n) is 25.0. The minimum absolute atomic E-state index is 0.0151. The van der Waals surface area contributed by atoms with Crippen molar-refractivity contribution in [3.63, 3.8) is 0 Å². The number of rotatable bonds is 8. The molecule has 3 aromatic rings. The van der Waals surface area contributed by atoms with E-state index in [2.05, 4.69) is 90.4 Å². The third-order valence-corrected chi connectivity index (χ3v) is 8.51. The Morgan fingerprint density at radius 3 is 2.46 bits per heavy atom. The first-order valence-corrected chi connectivity index (χ1v) is 14.9. The number of amides is 1. The summed E-state index contributed by atoms with van der Waals surface area (Å²) in [4.78, 5) is 21.8. The molecule has 0 radical (unpaired) electrons. The molecule has 218 valence electrons. The highest BCUT2D eigenvalue weighted by Gasteiger charge is 2.30. The number of piperazine rings is 1. The molecule has 7 nitrogen and oxygen atoms in total. The first-order valence-electron chi connectivity index (χ1n) is 14.9. The highest BCUT2D eigenvalue weighted by Crippen LogP contribution is 2.32. The van der Waals surface area contributed by atoms with Crippen LogP contribution < -0.4 is 11.1 Å². The molecule has 2 heterocycles. The van der Waals surface area contributed by atoms with Gasteiger partial charge < -0.3 is 20.7 Å². The maximum atomic E-state index is 12.7. The average molecular weight is 556 g/mol. The van der Waals surface area contributed by atoms with Crippen LogP contribution in [0.25, 0.3) is 11.1 Å². The first kappa shape index (κ1) is 29.2. The van der Waals surface area contributed by atoms with Gasteiger partial charge in [0.2, 0.25) is 0 Å². The molecule has 2 aliphatic rings. The number of nitrogen functional groups attached to an aromatic ring is 1. The fourth-order valence-electron chi connectivity index (χ4n) is 5.98. The van der Waals surface area contributed by atoms with Crippen LogP contribution in [0.3, 0.4) is 0 Å². The number of carbonyl (C=O) groups excluding carboxylic acids is 1. The molecule has 0 unspecified atom stereocenters. The van der Waals surface area contributed by atoms with E-state index in [-0.39, 0.29) is 29.3 Å². The quantitative estimate of drug-likeness (QED) is 0.395. The molecule has 1 saturated heterocycles. The highest BCUT2D eigenvalue weighted by molar-refractivity contribution is 5.98. The van der Waals surface area contributed by atoms with E-state index < -0.39 is 0 Å². The van der Waals surface area contributed by atoms with Crippen LogP contribution in [0.4, 0.5) is 5.82 Å². The van der Waals surface area contributed by atoms with Gasteiger partial charge in [-0.3, -0.25) is 9.69 Å². The molecule has 5 rings (SSSR count). The number of likely N-dealkylation sites (N-methyl/N-ethyl adjacent to an activating group) is 1. The topological polar surface area (TPSA) is 83.7 Å². The van der Waals surface area contributed by atoms with Crippen LogP contribution in [0, 0.1) is 0 Å². The summed E-state index contributed by atoms with van der Waals surface area (Å²) in [5, 5.41) is 3.11. The molecule has 1 aliphatic heterocycles. The van der Waals surface area contributed by atoms with Gasteiger partial charge in [0, 0.05) is 38.9 Å². The predicted octanol–water partition coefficient (Wildman–Crippen LogP) is 5.24. The minimum Gasteiger partial charge on any atom is -0.383 e. The van der Waals surface area contributed by atoms with Crippen molar-refractivity contribution >= 4 is 11.7 Å². The van der Waals surface area contributed by atoms with Crippen molar-refractivity contribution in [2.24, 2.45) is 0 Å². The normalized spacial score (nSPS) is 20.3. The summed E-state index contributed by atoms with van der Waals surface area (Å²) in [5.41, 5.74) is 12.8. The second-order valence-electron chi connectivity index (χ2n) is 12.7. The molecular weight excluding hydrogens is 510 g/mol. The lowest BCUT2D eigenvalue weighted by molar-refractivity contribution is 0.0272. The van der Waals surface area contributed by atoms with E-state index in [1.165, 1.54) is 22.3 Å². The second kappa shape index (κ2) is 12.7. The van der Waals surface area contributed by atoms with Gasteiger partial charge in [0.25, 0.3) is 5.91 Å². The summed E-state index contributed by atoms with van der Waals surface area (Å²) in [5.74, 6) is 0.0597. The Morgan fingerprint density at radius 2 is 1.76 bits per heavy atom. The summed E-state index contributed by atoms with van der Waals surface area (Å²) in [6, 6.07) is 19.1. The maximum absolute atomic E-state index is 12.7. The Balaban J connectivity index is 1.21. The smallest absolute Gasteiger partial charge is 0.255 e. The SMILES string of the molecule is CN1CCN(Cc2ccc(-c3ccc(CO[C@H]4CCC[C@@H]4NC(=O)c4cccnc4N)cc3)cc2C(C)(C)C)CC1. The standard InChI is InChI=1S/C34H45N5O2/c1-34(2,3)29-21-26(14-15-27(29)22-39-19-17-38(4)18-20-39)25-12-10-24(11-13-25)23-41-31-9-5-8-30(31)37-33(40)28-7-6-16-36-32(28)35/h6-7,10-16,21,30-31H,5,8-9,17-20,22-23H2,1-4H3,(H2,35,36)(H,37,40)/t30-,31-/m0/s1. The van der Waals surface area contributed by atoms with E-state index >= 15 is 0 Å². The number of hydrogen-bond acceptors (Lipinski definition) is 6. The van der Waals surface area contributed by atoms with Crippen LogP contribution in [0.15, 0.2) is 60.8 Å². The lowest BCUT2D eigenvalue weighted by Crippen LogP contribution is -2.44. The lowest BCUT2D eigenvalue weighted by Gasteiger charge is -2.34. The molecule has 41 heavy (non-hydrogen) atoms. The number of ether oxygens (including phenoxy) is 1. The van der Waals surface area contributed by atoms with Crippen LogP contribution in [-0.2, 0) is 23.3 Å². The Morgan fingerprint density at radius 1 is 1.02 bits per heavy atom. The molecule has 1 aromatic heterocycles. The monoisotopic (exact) mass is 555 g/mol. The van der Waals surface area contributed by atoms with Crippen LogP contribution in [0.5, 0.6) is 0 Å². The summed E-state index contributed by atoms with van der Waals surface area (Å²) in [7, 11) is 2.21. The molecule has 0 spiro atoms. The van der Waals surface area contributed by atoms with Crippen LogP contribution >= 0.6 is 0 Å². The third-order valence-electron chi connectivity index (χ3n) is 8.51. The number of anilines is 1. The zero-order chi connectivity index (χ0) is 29.0. The molecule has 1 aliphatic carbocycles. The van der Waals surface area contributed by atoms with E-state index in [0.717, 1.165) is 57.5 Å². The van der Waals surface area contributed by atoms with E-state index in [1.807, 2.05) is 0 Å². The van der Waals surface area contributed by atoms with E-state index in [4.69, 9.17) is 10.5 Å². The molecule has 7 heteroatoms. The molecule has 1 amide bonds. The van der Waals surface area contributed by atoms with Crippen LogP contribution in [0.2, 0.25) is 0 Å². The van der Waals surface area contributed by atoms with Gasteiger partial charge in [-0.25, -0.2) is 4.98 Å². The van der Waals surface area contributed by atoms with Crippen LogP contribution in [-0.4, -0.2) is 66.1 Å². The Bertz CT molecular complexity index is 1330. The van der Waals surface area contributed by atoms with Gasteiger partial charge in [0.05, 0.1) is 24.3 Å². The fraction of sp³-hybridized carbons (Fsp3) is 0.471. The summed E-state index contributed by atoms with van der Waals surface area (Å²) in [6.45, 7) is 13.0. The Labute approximate surface area is 245 Å². The molecule has 2 fully saturated rings. The third kappa shape index (κ3) is 7.34. The fourth-order valence-corrected chi connectivity index (χ4v) is 5.98. The lowest BCUT2D eigenvalue weighted by atomic mass is 9.82. The van der Waals surface area contributed by atoms with Gasteiger partial charge in [-0.15, -0.1) is 0 Å². The van der Waals surface area contributed by atoms with Crippen molar-refractivity contribution in [3.05, 3.63) is 83.0 Å². The number of hydrogen-bond donors (Lipinski definition) is 2. The number of nitrogens with zero attached hydrogens (tertiary/aromatic N) is 3. The van der Waals surface area contributed by atoms with Crippen molar-refractivity contribution in [2.45, 2.75) is 70.7 Å². The molecule has 2 atom stereocenters. The predicted molar refractivity (Wildman–Crippen MR) is 166 cm³/mol. The summed E-state index contributed by atoms with van der Waals surface area (Å²) in [6.07, 6.45) is 4.43. The number of pyridine rings is 1. The largest absolute Gasteiger partial charge is 0.383 e. The number of nitrogens with two attached hydrogens (primary N) is 1. The van der Waals surface area contributed by atoms with Crippen molar-refractivity contribution in [2.75, 3.05) is 39.0 Å². The number of aromatic nitrogens is 1. The number of carbonyl (C=O) groups is 1. The summed E-state index contributed by atoms with van der Waals surface area (Å²) < 4.78 is 6.30. The zero-order valence-corrected chi connectivity index (χ0v) is 25.0. The van der Waals surface area contributed by atoms with Gasteiger partial charge in [-0.05, 0) is 71.7 Å². The first-order chi connectivity index (χ1) is 19.7. The minimum atomic E-state index is -0.190. The van der Waals surface area contributed by atoms with Crippen molar-refractivity contribution < 1.29 is 9.53 Å². The van der Waals surface area contributed by atoms with E-state index in [0.29, 0.717) is 12.2 Å². The highest BCUT2D eigenvalue weighted by atomic mass is 16.5. The molecule has 2 aromatic carbocycles. The van der Waals surface area contributed by atoms with Crippen molar-refractivity contribution in [1.82, 2.24) is 20.1 Å². The molecule has 3 N–H and O–H groups in total. The van der Waals surface area contributed by atoms with E-state index in [1.54, 1.807) is 18.3 Å². The number of benzene rings is 2. The van der Waals surface area contributed by atoms with Crippen molar-refractivity contribution in [1.29, 1.82) is 0 Å². The summed E-state index contributed by atoms with van der Waals surface area (Å²) >= 11 is 0. The van der Waals surface area contributed by atoms with Gasteiger partial charge in [-0.2, -0.15) is 0 Å². The van der Waals surface area contributed by atoms with Gasteiger partial charge in [0.15, 0.2) is 0 Å². The average Bonchev–Trinajstić information content (AvgIpc) is 3.40. The molecule has 1 saturated carbocycles. The van der Waals surface area contributed by atoms with Crippen molar-refractivity contribution in [3.8, 4) is 11.1 Å². The van der Waals surface area contributed by atoms with E-state index in [9.17, 15) is 4.79 Å². The second-order valence-corrected chi connectivity index (χ2v) is 12.7. The van der Waals surface area contributed by atoms with Gasteiger partial charge in [0.1, 0.15) is 5.82 Å². The number of nitrogens with one attached hydrogen (secondary N) is 1. The maximum Gasteiger partial charge on any atom is 0.255 e. The van der Waals surface area contributed by atoms with Gasteiger partial charge >= 0.3 is 0 Å². The Kier molecular flexibility index (Phi) is 9.07. The molecular formula is C34H45N5O2. The Hall–Kier alpha value is -3.26. The van der Waals surface area contributed by atoms with Crippen LogP contribution in [0.1, 0.15) is 67.1 Å². The molecule has 0 bridgehead atoms. The van der Waals surface area contributed by atoms with Gasteiger partial charge in [-0.1, -0.05) is 63.2 Å².